The van der Waals surface area contributed by atoms with Crippen molar-refractivity contribution in [2.75, 3.05) is 44.3 Å². The molecule has 0 aliphatic carbocycles. The summed E-state index contributed by atoms with van der Waals surface area (Å²) in [5.41, 5.74) is 1.66. The quantitative estimate of drug-likeness (QED) is 0.579. The van der Waals surface area contributed by atoms with Gasteiger partial charge in [-0.3, -0.25) is 14.6 Å². The van der Waals surface area contributed by atoms with E-state index in [-0.39, 0.29) is 11.7 Å². The number of benzene rings is 2. The summed E-state index contributed by atoms with van der Waals surface area (Å²) in [6, 6.07) is 14.2. The number of anilines is 1. The highest BCUT2D eigenvalue weighted by molar-refractivity contribution is 7.22. The molecule has 1 saturated heterocycles. The first-order chi connectivity index (χ1) is 14.2. The summed E-state index contributed by atoms with van der Waals surface area (Å²) in [7, 11) is 0. The predicted octanol–water partition coefficient (Wildman–Crippen LogP) is 3.81. The first-order valence-corrected chi connectivity index (χ1v) is 10.4. The van der Waals surface area contributed by atoms with E-state index in [4.69, 9.17) is 4.74 Å². The van der Waals surface area contributed by atoms with Crippen LogP contribution in [0.25, 0.3) is 16.3 Å². The van der Waals surface area contributed by atoms with Gasteiger partial charge in [-0.25, -0.2) is 9.37 Å². The zero-order chi connectivity index (χ0) is 20.1. The summed E-state index contributed by atoms with van der Waals surface area (Å²) < 4.78 is 19.7. The van der Waals surface area contributed by atoms with Crippen molar-refractivity contribution < 1.29 is 13.9 Å². The maximum atomic E-state index is 13.6. The van der Waals surface area contributed by atoms with Crippen LogP contribution in [0.4, 0.5) is 9.52 Å². The van der Waals surface area contributed by atoms with E-state index in [9.17, 15) is 9.18 Å². The molecule has 0 unspecified atom stereocenters. The maximum Gasteiger partial charge on any atom is 0.252 e. The van der Waals surface area contributed by atoms with Crippen molar-refractivity contribution in [3.8, 4) is 0 Å². The van der Waals surface area contributed by atoms with Gasteiger partial charge in [-0.1, -0.05) is 41.7 Å². The average Bonchev–Trinajstić information content (AvgIpc) is 3.16. The minimum absolute atomic E-state index is 0.137. The van der Waals surface area contributed by atoms with E-state index in [0.29, 0.717) is 30.4 Å². The number of rotatable bonds is 6. The molecular formula is C22H22FN3O2S. The Bertz CT molecular complexity index is 1000. The van der Waals surface area contributed by atoms with Gasteiger partial charge >= 0.3 is 0 Å². The third-order valence-corrected chi connectivity index (χ3v) is 5.84. The number of hydrogen-bond acceptors (Lipinski definition) is 5. The fraction of sp³-hybridized carbons (Fsp3) is 0.273. The lowest BCUT2D eigenvalue weighted by Gasteiger charge is -2.28. The Morgan fingerprint density at radius 1 is 1.21 bits per heavy atom. The van der Waals surface area contributed by atoms with Gasteiger partial charge in [0.1, 0.15) is 5.82 Å². The monoisotopic (exact) mass is 411 g/mol. The van der Waals surface area contributed by atoms with E-state index in [0.717, 1.165) is 29.9 Å². The first-order valence-electron chi connectivity index (χ1n) is 9.60. The molecule has 1 amide bonds. The molecule has 29 heavy (non-hydrogen) atoms. The number of carbonyl (C=O) groups excluding carboxylic acids is 1. The molecule has 0 atom stereocenters. The van der Waals surface area contributed by atoms with Gasteiger partial charge in [-0.15, -0.1) is 0 Å². The van der Waals surface area contributed by atoms with Crippen molar-refractivity contribution in [3.05, 3.63) is 66.0 Å². The molecule has 1 fully saturated rings. The van der Waals surface area contributed by atoms with Crippen molar-refractivity contribution in [2.24, 2.45) is 0 Å². The van der Waals surface area contributed by atoms with E-state index < -0.39 is 0 Å². The molecule has 1 aromatic heterocycles. The van der Waals surface area contributed by atoms with Crippen molar-refractivity contribution in [3.63, 3.8) is 0 Å². The van der Waals surface area contributed by atoms with Crippen molar-refractivity contribution in [1.29, 1.82) is 0 Å². The maximum absolute atomic E-state index is 13.6. The Morgan fingerprint density at radius 2 is 2.00 bits per heavy atom. The highest BCUT2D eigenvalue weighted by Crippen LogP contribution is 2.29. The predicted molar refractivity (Wildman–Crippen MR) is 115 cm³/mol. The first kappa shape index (κ1) is 19.7. The Hall–Kier alpha value is -2.61. The molecule has 2 heterocycles. The number of morpholine rings is 1. The molecule has 5 nitrogen and oxygen atoms in total. The molecule has 3 aromatic rings. The minimum Gasteiger partial charge on any atom is -0.379 e. The van der Waals surface area contributed by atoms with E-state index in [1.807, 2.05) is 30.3 Å². The van der Waals surface area contributed by atoms with Crippen LogP contribution >= 0.6 is 11.3 Å². The number of ether oxygens (including phenoxy) is 1. The molecule has 0 bridgehead atoms. The second-order valence-electron chi connectivity index (χ2n) is 6.80. The van der Waals surface area contributed by atoms with E-state index in [2.05, 4.69) is 9.88 Å². The lowest BCUT2D eigenvalue weighted by Crippen LogP contribution is -2.42. The highest BCUT2D eigenvalue weighted by atomic mass is 32.1. The van der Waals surface area contributed by atoms with Gasteiger partial charge in [0.2, 0.25) is 0 Å². The van der Waals surface area contributed by atoms with E-state index >= 15 is 0 Å². The molecular weight excluding hydrogens is 389 g/mol. The zero-order valence-corrected chi connectivity index (χ0v) is 16.8. The third kappa shape index (κ3) is 5.06. The van der Waals surface area contributed by atoms with Crippen LogP contribution in [-0.2, 0) is 9.53 Å². The SMILES string of the molecule is O=C(/C=C/c1ccccc1)N(CCN1CCOCC1)c1nc2ccc(F)cc2s1. The summed E-state index contributed by atoms with van der Waals surface area (Å²) in [6.07, 6.45) is 3.37. The van der Waals surface area contributed by atoms with Gasteiger partial charge in [0.25, 0.3) is 5.91 Å². The van der Waals surface area contributed by atoms with Gasteiger partial charge in [0.05, 0.1) is 23.4 Å². The van der Waals surface area contributed by atoms with Crippen LogP contribution in [0.1, 0.15) is 5.56 Å². The van der Waals surface area contributed by atoms with Crippen LogP contribution in [0.3, 0.4) is 0 Å². The van der Waals surface area contributed by atoms with Crippen LogP contribution in [0.5, 0.6) is 0 Å². The number of carbonyl (C=O) groups is 1. The summed E-state index contributed by atoms with van der Waals surface area (Å²) in [6.45, 7) is 4.38. The Kier molecular flexibility index (Phi) is 6.29. The number of nitrogens with zero attached hydrogens (tertiary/aromatic N) is 3. The van der Waals surface area contributed by atoms with Gasteiger partial charge in [-0.2, -0.15) is 0 Å². The van der Waals surface area contributed by atoms with Crippen LogP contribution in [0.2, 0.25) is 0 Å². The fourth-order valence-corrected chi connectivity index (χ4v) is 4.21. The second kappa shape index (κ2) is 9.26. The van der Waals surface area contributed by atoms with Gasteiger partial charge < -0.3 is 4.74 Å². The van der Waals surface area contributed by atoms with Gasteiger partial charge in [0.15, 0.2) is 5.13 Å². The van der Waals surface area contributed by atoms with Crippen molar-refractivity contribution in [2.45, 2.75) is 0 Å². The summed E-state index contributed by atoms with van der Waals surface area (Å²) in [5.74, 6) is -0.440. The minimum atomic E-state index is -0.303. The molecule has 7 heteroatoms. The molecule has 0 radical (unpaired) electrons. The Labute approximate surface area is 173 Å². The number of fused-ring (bicyclic) bond motifs is 1. The summed E-state index contributed by atoms with van der Waals surface area (Å²) in [4.78, 5) is 21.5. The molecule has 1 aliphatic heterocycles. The smallest absolute Gasteiger partial charge is 0.252 e. The number of thiazole rings is 1. The Morgan fingerprint density at radius 3 is 2.79 bits per heavy atom. The van der Waals surface area contributed by atoms with Crippen molar-refractivity contribution >= 4 is 38.7 Å². The number of amides is 1. The van der Waals surface area contributed by atoms with Crippen LogP contribution in [0, 0.1) is 5.82 Å². The summed E-state index contributed by atoms with van der Waals surface area (Å²) in [5, 5.41) is 0.585. The van der Waals surface area contributed by atoms with Crippen LogP contribution in [-0.4, -0.2) is 55.2 Å². The van der Waals surface area contributed by atoms with Gasteiger partial charge in [-0.05, 0) is 29.8 Å². The van der Waals surface area contributed by atoms with E-state index in [1.54, 1.807) is 23.1 Å². The van der Waals surface area contributed by atoms with Crippen LogP contribution in [0.15, 0.2) is 54.6 Å². The fourth-order valence-electron chi connectivity index (χ4n) is 3.19. The molecule has 0 saturated carbocycles. The van der Waals surface area contributed by atoms with Crippen molar-refractivity contribution in [1.82, 2.24) is 9.88 Å². The molecule has 150 valence electrons. The lowest BCUT2D eigenvalue weighted by molar-refractivity contribution is -0.114. The molecule has 1 aliphatic rings. The zero-order valence-electron chi connectivity index (χ0n) is 16.0. The summed E-state index contributed by atoms with van der Waals surface area (Å²) >= 11 is 1.33. The van der Waals surface area contributed by atoms with E-state index in [1.165, 1.54) is 23.5 Å². The standard InChI is InChI=1S/C22H22FN3O2S/c23-18-7-8-19-20(16-18)29-22(24-19)26(11-10-25-12-14-28-15-13-25)21(27)9-6-17-4-2-1-3-5-17/h1-9,16H,10-15H2/b9-6+. The lowest BCUT2D eigenvalue weighted by atomic mass is 10.2. The van der Waals surface area contributed by atoms with Crippen LogP contribution < -0.4 is 4.90 Å². The molecule has 2 aromatic carbocycles. The number of aromatic nitrogens is 1. The topological polar surface area (TPSA) is 45.7 Å². The second-order valence-corrected chi connectivity index (χ2v) is 7.81. The largest absolute Gasteiger partial charge is 0.379 e. The van der Waals surface area contributed by atoms with Gasteiger partial charge in [0, 0.05) is 32.3 Å². The highest BCUT2D eigenvalue weighted by Gasteiger charge is 2.20. The average molecular weight is 412 g/mol. The third-order valence-electron chi connectivity index (χ3n) is 4.80. The number of halogens is 1. The number of hydrogen-bond donors (Lipinski definition) is 0. The Balaban J connectivity index is 1.56. The molecule has 4 rings (SSSR count). The normalized spacial score (nSPS) is 15.2. The molecule has 0 spiro atoms. The molecule has 0 N–H and O–H groups in total.